The minimum Gasteiger partial charge on any atom is -0.379 e. The van der Waals surface area contributed by atoms with Gasteiger partial charge < -0.3 is 10.0 Å². The predicted octanol–water partition coefficient (Wildman–Crippen LogP) is 1.15. The first kappa shape index (κ1) is 14.0. The fourth-order valence-electron chi connectivity index (χ4n) is 2.47. The first-order valence-electron chi connectivity index (χ1n) is 6.97. The van der Waals surface area contributed by atoms with Gasteiger partial charge in [-0.3, -0.25) is 10.1 Å². The van der Waals surface area contributed by atoms with Crippen molar-refractivity contribution in [2.75, 3.05) is 13.1 Å². The van der Waals surface area contributed by atoms with Crippen molar-refractivity contribution < 1.29 is 9.90 Å². The number of likely N-dealkylation sites (N-methyl/N-ethyl adjacent to an activating group) is 1. The molecule has 0 saturated carbocycles. The van der Waals surface area contributed by atoms with E-state index < -0.39 is 6.23 Å². The predicted molar refractivity (Wildman–Crippen MR) is 74.6 cm³/mol. The number of aliphatic hydroxyl groups is 1. The molecule has 0 aromatic heterocycles. The van der Waals surface area contributed by atoms with Crippen LogP contribution in [0.25, 0.3) is 0 Å². The van der Waals surface area contributed by atoms with Gasteiger partial charge in [0.25, 0.3) is 0 Å². The second kappa shape index (κ2) is 6.68. The maximum absolute atomic E-state index is 12.3. The topological polar surface area (TPSA) is 52.6 Å². The summed E-state index contributed by atoms with van der Waals surface area (Å²) in [7, 11) is 0. The van der Waals surface area contributed by atoms with Gasteiger partial charge in [0.1, 0.15) is 6.23 Å². The molecule has 0 bridgehead atoms. The quantitative estimate of drug-likeness (QED) is 0.837. The number of nitrogens with one attached hydrogen (secondary N) is 1. The Balaban J connectivity index is 1.87. The number of nitrogens with zero attached hydrogens (tertiary/aromatic N) is 1. The zero-order valence-corrected chi connectivity index (χ0v) is 11.4. The van der Waals surface area contributed by atoms with E-state index in [1.807, 2.05) is 30.0 Å². The SMILES string of the molecule is CCN(CCc1ccccc1)C(=O)[C@@H]1CCC(O)N1. The molecule has 1 amide bonds. The molecule has 4 nitrogen and oxygen atoms in total. The summed E-state index contributed by atoms with van der Waals surface area (Å²) in [5.74, 6) is 0.106. The van der Waals surface area contributed by atoms with Crippen molar-refractivity contribution in [1.29, 1.82) is 0 Å². The minimum atomic E-state index is -0.526. The maximum atomic E-state index is 12.3. The highest BCUT2D eigenvalue weighted by molar-refractivity contribution is 5.82. The fraction of sp³-hybridized carbons (Fsp3) is 0.533. The van der Waals surface area contributed by atoms with E-state index >= 15 is 0 Å². The molecule has 104 valence electrons. The Hall–Kier alpha value is -1.39. The van der Waals surface area contributed by atoms with Gasteiger partial charge in [-0.1, -0.05) is 30.3 Å². The van der Waals surface area contributed by atoms with Gasteiger partial charge >= 0.3 is 0 Å². The molecule has 0 aliphatic carbocycles. The molecule has 1 unspecified atom stereocenters. The van der Waals surface area contributed by atoms with E-state index in [9.17, 15) is 9.90 Å². The lowest BCUT2D eigenvalue weighted by Gasteiger charge is -2.24. The summed E-state index contributed by atoms with van der Waals surface area (Å²) < 4.78 is 0. The third-order valence-corrected chi connectivity index (χ3v) is 3.63. The van der Waals surface area contributed by atoms with Crippen molar-refractivity contribution in [3.05, 3.63) is 35.9 Å². The van der Waals surface area contributed by atoms with Crippen LogP contribution in [0.1, 0.15) is 25.3 Å². The second-order valence-electron chi connectivity index (χ2n) is 4.97. The van der Waals surface area contributed by atoms with Crippen LogP contribution in [0.3, 0.4) is 0 Å². The van der Waals surface area contributed by atoms with Gasteiger partial charge in [-0.15, -0.1) is 0 Å². The third-order valence-electron chi connectivity index (χ3n) is 3.63. The van der Waals surface area contributed by atoms with Crippen LogP contribution in [0.15, 0.2) is 30.3 Å². The average molecular weight is 262 g/mol. The zero-order chi connectivity index (χ0) is 13.7. The number of benzene rings is 1. The van der Waals surface area contributed by atoms with Gasteiger partial charge in [0.15, 0.2) is 0 Å². The summed E-state index contributed by atoms with van der Waals surface area (Å²) in [6, 6.07) is 9.97. The summed E-state index contributed by atoms with van der Waals surface area (Å²) in [5.41, 5.74) is 1.24. The van der Waals surface area contributed by atoms with Crippen LogP contribution in [0, 0.1) is 0 Å². The highest BCUT2D eigenvalue weighted by Gasteiger charge is 2.30. The smallest absolute Gasteiger partial charge is 0.239 e. The van der Waals surface area contributed by atoms with E-state index in [0.717, 1.165) is 19.4 Å². The van der Waals surface area contributed by atoms with Crippen LogP contribution in [0.4, 0.5) is 0 Å². The van der Waals surface area contributed by atoms with Crippen LogP contribution >= 0.6 is 0 Å². The highest BCUT2D eigenvalue weighted by atomic mass is 16.3. The summed E-state index contributed by atoms with van der Waals surface area (Å²) >= 11 is 0. The van der Waals surface area contributed by atoms with Crippen LogP contribution in [0.5, 0.6) is 0 Å². The lowest BCUT2D eigenvalue weighted by molar-refractivity contribution is -0.133. The highest BCUT2D eigenvalue weighted by Crippen LogP contribution is 2.13. The Morgan fingerprint density at radius 2 is 2.11 bits per heavy atom. The number of amides is 1. The zero-order valence-electron chi connectivity index (χ0n) is 11.4. The Morgan fingerprint density at radius 3 is 2.68 bits per heavy atom. The number of rotatable bonds is 5. The van der Waals surface area contributed by atoms with E-state index in [-0.39, 0.29) is 11.9 Å². The van der Waals surface area contributed by atoms with Gasteiger partial charge in [0, 0.05) is 13.1 Å². The second-order valence-corrected chi connectivity index (χ2v) is 4.97. The molecule has 2 atom stereocenters. The Labute approximate surface area is 114 Å². The van der Waals surface area contributed by atoms with Crippen molar-refractivity contribution in [2.24, 2.45) is 0 Å². The van der Waals surface area contributed by atoms with Crippen molar-refractivity contribution in [3.8, 4) is 0 Å². The Bertz CT molecular complexity index is 408. The number of hydrogen-bond donors (Lipinski definition) is 2. The summed E-state index contributed by atoms with van der Waals surface area (Å²) in [4.78, 5) is 14.2. The average Bonchev–Trinajstić information content (AvgIpc) is 2.87. The van der Waals surface area contributed by atoms with E-state index in [4.69, 9.17) is 0 Å². The number of hydrogen-bond acceptors (Lipinski definition) is 3. The molecule has 1 aliphatic rings. The maximum Gasteiger partial charge on any atom is 0.239 e. The van der Waals surface area contributed by atoms with Crippen LogP contribution in [0.2, 0.25) is 0 Å². The van der Waals surface area contributed by atoms with Crippen LogP contribution in [-0.4, -0.2) is 41.3 Å². The molecule has 0 radical (unpaired) electrons. The van der Waals surface area contributed by atoms with Crippen LogP contribution < -0.4 is 5.32 Å². The monoisotopic (exact) mass is 262 g/mol. The summed E-state index contributed by atoms with van der Waals surface area (Å²) in [6.45, 7) is 3.43. The van der Waals surface area contributed by atoms with Crippen molar-refractivity contribution in [1.82, 2.24) is 10.2 Å². The summed E-state index contributed by atoms with van der Waals surface area (Å²) in [5, 5.41) is 12.4. The largest absolute Gasteiger partial charge is 0.379 e. The first-order valence-corrected chi connectivity index (χ1v) is 6.97. The lowest BCUT2D eigenvalue weighted by Crippen LogP contribution is -2.45. The molecule has 19 heavy (non-hydrogen) atoms. The molecule has 2 N–H and O–H groups in total. The first-order chi connectivity index (χ1) is 9.20. The molecule has 1 saturated heterocycles. The number of aliphatic hydroxyl groups excluding tert-OH is 1. The Kier molecular flexibility index (Phi) is 4.93. The van der Waals surface area contributed by atoms with E-state index in [1.165, 1.54) is 5.56 Å². The van der Waals surface area contributed by atoms with Gasteiger partial charge in [-0.2, -0.15) is 0 Å². The number of carbonyl (C=O) groups is 1. The van der Waals surface area contributed by atoms with E-state index in [2.05, 4.69) is 17.4 Å². The van der Waals surface area contributed by atoms with Gasteiger partial charge in [0.2, 0.25) is 5.91 Å². The molecule has 1 aromatic rings. The minimum absolute atomic E-state index is 0.106. The lowest BCUT2D eigenvalue weighted by atomic mass is 10.1. The molecule has 4 heteroatoms. The van der Waals surface area contributed by atoms with E-state index in [0.29, 0.717) is 13.0 Å². The molecule has 2 rings (SSSR count). The van der Waals surface area contributed by atoms with Crippen LogP contribution in [-0.2, 0) is 11.2 Å². The Morgan fingerprint density at radius 1 is 1.37 bits per heavy atom. The van der Waals surface area contributed by atoms with Crippen molar-refractivity contribution in [3.63, 3.8) is 0 Å². The van der Waals surface area contributed by atoms with Crippen molar-refractivity contribution in [2.45, 2.75) is 38.5 Å². The van der Waals surface area contributed by atoms with Gasteiger partial charge in [-0.05, 0) is 31.7 Å². The molecular formula is C15H22N2O2. The molecule has 1 aliphatic heterocycles. The standard InChI is InChI=1S/C15H22N2O2/c1-2-17(11-10-12-6-4-3-5-7-12)15(19)13-8-9-14(18)16-13/h3-7,13-14,16,18H,2,8-11H2,1H3/t13-,14?/m0/s1. The molecule has 0 spiro atoms. The summed E-state index contributed by atoms with van der Waals surface area (Å²) in [6.07, 6.45) is 1.73. The molecule has 1 heterocycles. The normalized spacial score (nSPS) is 22.4. The number of carbonyl (C=O) groups excluding carboxylic acids is 1. The molecule has 1 fully saturated rings. The van der Waals surface area contributed by atoms with Gasteiger partial charge in [-0.25, -0.2) is 0 Å². The fourth-order valence-corrected chi connectivity index (χ4v) is 2.47. The van der Waals surface area contributed by atoms with Gasteiger partial charge in [0.05, 0.1) is 6.04 Å². The molecule has 1 aromatic carbocycles. The third kappa shape index (κ3) is 3.78. The van der Waals surface area contributed by atoms with Crippen molar-refractivity contribution >= 4 is 5.91 Å². The van der Waals surface area contributed by atoms with E-state index in [1.54, 1.807) is 0 Å². The molecular weight excluding hydrogens is 240 g/mol.